The summed E-state index contributed by atoms with van der Waals surface area (Å²) in [6.45, 7) is 11.6. The molecule has 0 unspecified atom stereocenters. The molecule has 0 bridgehead atoms. The normalized spacial score (nSPS) is 11.2. The molecule has 5 heteroatoms. The summed E-state index contributed by atoms with van der Waals surface area (Å²) in [7, 11) is -1.45. The number of pyridine rings is 2. The molecule has 1 radical (unpaired) electrons. The van der Waals surface area contributed by atoms with Crippen molar-refractivity contribution < 1.29 is 20.1 Å². The number of benzene rings is 3. The number of aromatic nitrogens is 2. The third-order valence-electron chi connectivity index (χ3n) is 6.62. The summed E-state index contributed by atoms with van der Waals surface area (Å²) < 4.78 is 2.67. The molecule has 0 fully saturated rings. The van der Waals surface area contributed by atoms with Gasteiger partial charge in [0.15, 0.2) is 0 Å². The molecule has 3 aromatic heterocycles. The molecule has 0 aliphatic heterocycles. The van der Waals surface area contributed by atoms with Crippen LogP contribution in [0.2, 0.25) is 19.6 Å². The van der Waals surface area contributed by atoms with E-state index in [-0.39, 0.29) is 20.1 Å². The van der Waals surface area contributed by atoms with E-state index < -0.39 is 8.07 Å². The number of fused-ring (bicyclic) bond motifs is 3. The number of thiophene rings is 1. The molecule has 199 valence electrons. The largest absolute Gasteiger partial charge is 0.305 e. The van der Waals surface area contributed by atoms with Gasteiger partial charge in [-0.3, -0.25) is 0 Å². The minimum atomic E-state index is -1.45. The van der Waals surface area contributed by atoms with E-state index in [2.05, 4.69) is 104 Å². The van der Waals surface area contributed by atoms with Crippen LogP contribution >= 0.6 is 11.3 Å². The molecule has 6 rings (SSSR count). The van der Waals surface area contributed by atoms with Crippen molar-refractivity contribution in [3.05, 3.63) is 115 Å². The molecular formula is C34H32IrN2SSi-2. The van der Waals surface area contributed by atoms with Gasteiger partial charge in [-0.25, -0.2) is 0 Å². The Kier molecular flexibility index (Phi) is 9.29. The fraction of sp³-hybridized carbons (Fsp3) is 0.176. The fourth-order valence-electron chi connectivity index (χ4n) is 4.57. The average Bonchev–Trinajstić information content (AvgIpc) is 3.33. The minimum absolute atomic E-state index is 0. The predicted octanol–water partition coefficient (Wildman–Crippen LogP) is 9.13. The van der Waals surface area contributed by atoms with E-state index in [1.807, 2.05) is 60.1 Å². The molecule has 0 saturated heterocycles. The first-order valence-corrected chi connectivity index (χ1v) is 17.4. The van der Waals surface area contributed by atoms with E-state index >= 15 is 0 Å². The Morgan fingerprint density at radius 2 is 1.54 bits per heavy atom. The summed E-state index contributed by atoms with van der Waals surface area (Å²) in [5, 5.41) is 4.28. The summed E-state index contributed by atoms with van der Waals surface area (Å²) in [5.74, 6) is 0.537. The van der Waals surface area contributed by atoms with Crippen LogP contribution < -0.4 is 5.19 Å². The van der Waals surface area contributed by atoms with Crippen LogP contribution in [0.25, 0.3) is 42.7 Å². The molecule has 6 aromatic rings. The topological polar surface area (TPSA) is 25.8 Å². The standard InChI is InChI=1S/C20H18NSSi.C14H14N.Ir/c1-23(2,3)18-12-11-14(16-9-6-7-13-21-16)20-19(18)15-8-4-5-10-17(15)22-20;1-11(2)13-8-9-15-14(10-13)12-6-4-3-5-7-12;/h4-10,12-13H,1-3H3;3-6,8-11H,1-2H3;/q2*-1;. The molecule has 0 aliphatic rings. The molecule has 0 spiro atoms. The van der Waals surface area contributed by atoms with Gasteiger partial charge in [-0.15, -0.1) is 58.8 Å². The van der Waals surface area contributed by atoms with Gasteiger partial charge in [0.1, 0.15) is 0 Å². The Morgan fingerprint density at radius 3 is 2.23 bits per heavy atom. The second kappa shape index (κ2) is 12.5. The van der Waals surface area contributed by atoms with Gasteiger partial charge >= 0.3 is 0 Å². The van der Waals surface area contributed by atoms with Crippen LogP contribution in [-0.4, -0.2) is 18.0 Å². The molecule has 0 saturated carbocycles. The number of hydrogen-bond donors (Lipinski definition) is 0. The molecule has 0 atom stereocenters. The monoisotopic (exact) mass is 721 g/mol. The average molecular weight is 721 g/mol. The van der Waals surface area contributed by atoms with Crippen molar-refractivity contribution in [2.24, 2.45) is 0 Å². The van der Waals surface area contributed by atoms with Gasteiger partial charge < -0.3 is 9.97 Å². The maximum absolute atomic E-state index is 4.55. The first kappa shape index (κ1) is 29.0. The van der Waals surface area contributed by atoms with Crippen LogP contribution in [-0.2, 0) is 20.1 Å². The van der Waals surface area contributed by atoms with Crippen LogP contribution in [0.3, 0.4) is 0 Å². The zero-order valence-corrected chi connectivity index (χ0v) is 27.2. The fourth-order valence-corrected chi connectivity index (χ4v) is 7.41. The van der Waals surface area contributed by atoms with Gasteiger partial charge in [0.05, 0.1) is 0 Å². The van der Waals surface area contributed by atoms with Gasteiger partial charge in [-0.2, -0.15) is 11.3 Å². The molecule has 0 amide bonds. The summed E-state index contributed by atoms with van der Waals surface area (Å²) in [6, 6.07) is 35.9. The van der Waals surface area contributed by atoms with Crippen molar-refractivity contribution in [3.63, 3.8) is 0 Å². The smallest absolute Gasteiger partial charge is 0.0300 e. The summed E-state index contributed by atoms with van der Waals surface area (Å²) >= 11 is 1.86. The summed E-state index contributed by atoms with van der Waals surface area (Å²) in [5.41, 5.74) is 5.51. The van der Waals surface area contributed by atoms with E-state index in [0.29, 0.717) is 5.92 Å². The van der Waals surface area contributed by atoms with Gasteiger partial charge in [-0.05, 0) is 45.6 Å². The molecule has 3 aromatic carbocycles. The number of nitrogens with zero attached hydrogens (tertiary/aromatic N) is 2. The van der Waals surface area contributed by atoms with Crippen molar-refractivity contribution in [3.8, 4) is 22.5 Å². The summed E-state index contributed by atoms with van der Waals surface area (Å²) in [4.78, 5) is 8.91. The third kappa shape index (κ3) is 6.45. The maximum Gasteiger partial charge on any atom is 0.0300 e. The third-order valence-corrected chi connectivity index (χ3v) is 9.82. The Balaban J connectivity index is 0.000000192. The minimum Gasteiger partial charge on any atom is -0.305 e. The van der Waals surface area contributed by atoms with E-state index in [4.69, 9.17) is 0 Å². The van der Waals surface area contributed by atoms with Gasteiger partial charge in [0.2, 0.25) is 0 Å². The molecular weight excluding hydrogens is 689 g/mol. The van der Waals surface area contributed by atoms with E-state index in [9.17, 15) is 0 Å². The van der Waals surface area contributed by atoms with Crippen molar-refractivity contribution in [2.75, 3.05) is 0 Å². The first-order valence-electron chi connectivity index (χ1n) is 13.0. The molecule has 0 aliphatic carbocycles. The van der Waals surface area contributed by atoms with E-state index in [0.717, 1.165) is 22.5 Å². The van der Waals surface area contributed by atoms with Crippen LogP contribution in [0.5, 0.6) is 0 Å². The molecule has 2 nitrogen and oxygen atoms in total. The summed E-state index contributed by atoms with van der Waals surface area (Å²) in [6.07, 6.45) is 3.72. The Bertz CT molecular complexity index is 1670. The second-order valence-corrected chi connectivity index (χ2v) is 16.8. The zero-order valence-electron chi connectivity index (χ0n) is 23.0. The van der Waals surface area contributed by atoms with Crippen LogP contribution in [0, 0.1) is 12.1 Å². The first-order chi connectivity index (χ1) is 18.3. The predicted molar refractivity (Wildman–Crippen MR) is 167 cm³/mol. The number of rotatable bonds is 4. The van der Waals surface area contributed by atoms with Gasteiger partial charge in [0, 0.05) is 45.3 Å². The van der Waals surface area contributed by atoms with Crippen LogP contribution in [0.4, 0.5) is 0 Å². The molecule has 0 N–H and O–H groups in total. The number of hydrogen-bond acceptors (Lipinski definition) is 3. The van der Waals surface area contributed by atoms with E-state index in [1.54, 1.807) is 0 Å². The second-order valence-electron chi connectivity index (χ2n) is 10.8. The molecule has 3 heterocycles. The van der Waals surface area contributed by atoms with Crippen LogP contribution in [0.1, 0.15) is 25.3 Å². The van der Waals surface area contributed by atoms with Crippen molar-refractivity contribution in [1.29, 1.82) is 0 Å². The quantitative estimate of drug-likeness (QED) is 0.134. The van der Waals surface area contributed by atoms with Crippen molar-refractivity contribution in [2.45, 2.75) is 39.4 Å². The van der Waals surface area contributed by atoms with Crippen molar-refractivity contribution in [1.82, 2.24) is 9.97 Å². The van der Waals surface area contributed by atoms with E-state index in [1.165, 1.54) is 30.9 Å². The Hall–Kier alpha value is -2.95. The SMILES string of the molecule is CC(C)c1ccnc(-c2[c-]cccc2)c1.C[Si](C)(C)c1c[c-]c(-c2ccccn2)c2sc3ccccc3c12.[Ir]. The zero-order chi connectivity index (χ0) is 26.7. The Labute approximate surface area is 250 Å². The molecule has 39 heavy (non-hydrogen) atoms. The Morgan fingerprint density at radius 1 is 0.795 bits per heavy atom. The maximum atomic E-state index is 4.55. The van der Waals surface area contributed by atoms with Gasteiger partial charge in [-0.1, -0.05) is 80.8 Å². The van der Waals surface area contributed by atoms with Gasteiger partial charge in [0.25, 0.3) is 0 Å². The van der Waals surface area contributed by atoms with Crippen LogP contribution in [0.15, 0.2) is 97.3 Å². The van der Waals surface area contributed by atoms with Crippen molar-refractivity contribution >= 4 is 44.8 Å².